The largest absolute Gasteiger partial charge is 0.338 e. The zero-order valence-corrected chi connectivity index (χ0v) is 10.8. The Kier molecular flexibility index (Phi) is 4.76. The van der Waals surface area contributed by atoms with Crippen molar-refractivity contribution in [2.24, 2.45) is 5.73 Å². The molecule has 1 aliphatic rings. The zero-order chi connectivity index (χ0) is 12.8. The van der Waals surface area contributed by atoms with Crippen molar-refractivity contribution in [3.05, 3.63) is 35.9 Å². The number of rotatable bonds is 7. The number of aryl methyl sites for hydroxylation is 1. The van der Waals surface area contributed by atoms with Crippen LogP contribution < -0.4 is 5.73 Å². The third-order valence-electron chi connectivity index (χ3n) is 3.38. The molecule has 0 radical (unpaired) electrons. The molecule has 1 fully saturated rings. The van der Waals surface area contributed by atoms with E-state index >= 15 is 0 Å². The van der Waals surface area contributed by atoms with Gasteiger partial charge in [-0.1, -0.05) is 30.3 Å². The Morgan fingerprint density at radius 3 is 2.61 bits per heavy atom. The number of amides is 1. The number of hydrogen-bond acceptors (Lipinski definition) is 2. The van der Waals surface area contributed by atoms with Crippen molar-refractivity contribution in [3.8, 4) is 0 Å². The van der Waals surface area contributed by atoms with Crippen LogP contribution >= 0.6 is 0 Å². The minimum Gasteiger partial charge on any atom is -0.338 e. The predicted molar refractivity (Wildman–Crippen MR) is 73.2 cm³/mol. The van der Waals surface area contributed by atoms with Crippen molar-refractivity contribution < 1.29 is 4.79 Å². The smallest absolute Gasteiger partial charge is 0.222 e. The summed E-state index contributed by atoms with van der Waals surface area (Å²) in [6.45, 7) is 1.29. The van der Waals surface area contributed by atoms with Gasteiger partial charge in [-0.25, -0.2) is 0 Å². The van der Waals surface area contributed by atoms with Crippen LogP contribution in [0, 0.1) is 0 Å². The minimum absolute atomic E-state index is 0.277. The Bertz CT molecular complexity index is 373. The van der Waals surface area contributed by atoms with E-state index < -0.39 is 0 Å². The fraction of sp³-hybridized carbons (Fsp3) is 0.533. The lowest BCUT2D eigenvalue weighted by Gasteiger charge is -2.21. The Morgan fingerprint density at radius 1 is 1.28 bits per heavy atom. The molecule has 0 saturated heterocycles. The van der Waals surface area contributed by atoms with Gasteiger partial charge in [-0.05, 0) is 31.2 Å². The van der Waals surface area contributed by atoms with E-state index in [1.54, 1.807) is 0 Å². The van der Waals surface area contributed by atoms with Crippen molar-refractivity contribution in [1.82, 2.24) is 4.90 Å². The number of carbonyl (C=O) groups excluding carboxylic acids is 1. The van der Waals surface area contributed by atoms with Crippen molar-refractivity contribution >= 4 is 5.91 Å². The van der Waals surface area contributed by atoms with Gasteiger partial charge in [0, 0.05) is 25.6 Å². The summed E-state index contributed by atoms with van der Waals surface area (Å²) >= 11 is 0. The fourth-order valence-corrected chi connectivity index (χ4v) is 2.27. The number of nitrogens with two attached hydrogens (primary N) is 1. The van der Waals surface area contributed by atoms with E-state index in [4.69, 9.17) is 5.73 Å². The molecular formula is C15H22N2O. The van der Waals surface area contributed by atoms with Crippen LogP contribution in [0.1, 0.15) is 31.2 Å². The highest BCUT2D eigenvalue weighted by molar-refractivity contribution is 5.76. The van der Waals surface area contributed by atoms with Gasteiger partial charge in [0.05, 0.1) is 0 Å². The molecule has 0 unspecified atom stereocenters. The van der Waals surface area contributed by atoms with Gasteiger partial charge in [0.25, 0.3) is 0 Å². The maximum Gasteiger partial charge on any atom is 0.222 e. The van der Waals surface area contributed by atoms with Crippen LogP contribution in [-0.4, -0.2) is 29.9 Å². The average Bonchev–Trinajstić information content (AvgIpc) is 3.21. The summed E-state index contributed by atoms with van der Waals surface area (Å²) < 4.78 is 0. The molecule has 1 amide bonds. The quantitative estimate of drug-likeness (QED) is 0.799. The number of benzene rings is 1. The van der Waals surface area contributed by atoms with Gasteiger partial charge in [-0.15, -0.1) is 0 Å². The van der Waals surface area contributed by atoms with Crippen LogP contribution in [0.5, 0.6) is 0 Å². The highest BCUT2D eigenvalue weighted by Gasteiger charge is 2.31. The molecule has 3 heteroatoms. The molecule has 3 nitrogen and oxygen atoms in total. The second-order valence-corrected chi connectivity index (χ2v) is 4.95. The summed E-state index contributed by atoms with van der Waals surface area (Å²) in [5.41, 5.74) is 6.87. The molecule has 2 N–H and O–H groups in total. The molecule has 0 heterocycles. The summed E-state index contributed by atoms with van der Waals surface area (Å²) in [6, 6.07) is 10.8. The van der Waals surface area contributed by atoms with Crippen molar-refractivity contribution in [3.63, 3.8) is 0 Å². The summed E-state index contributed by atoms with van der Waals surface area (Å²) in [5, 5.41) is 0. The zero-order valence-electron chi connectivity index (χ0n) is 10.8. The standard InChI is InChI=1S/C15H22N2O/c16-11-12-17(14-9-10-14)15(18)8-4-7-13-5-2-1-3-6-13/h1-3,5-6,14H,4,7-12,16H2. The second-order valence-electron chi connectivity index (χ2n) is 4.95. The van der Waals surface area contributed by atoms with Gasteiger partial charge in [-0.3, -0.25) is 4.79 Å². The number of carbonyl (C=O) groups is 1. The number of nitrogens with zero attached hydrogens (tertiary/aromatic N) is 1. The summed E-state index contributed by atoms with van der Waals surface area (Å²) in [7, 11) is 0. The van der Waals surface area contributed by atoms with Gasteiger partial charge in [-0.2, -0.15) is 0 Å². The van der Waals surface area contributed by atoms with Crippen LogP contribution in [0.15, 0.2) is 30.3 Å². The molecule has 2 rings (SSSR count). The molecule has 0 spiro atoms. The predicted octanol–water partition coefficient (Wildman–Crippen LogP) is 1.96. The topological polar surface area (TPSA) is 46.3 Å². The van der Waals surface area contributed by atoms with E-state index in [0.29, 0.717) is 19.0 Å². The molecule has 18 heavy (non-hydrogen) atoms. The Balaban J connectivity index is 1.73. The molecule has 0 aliphatic heterocycles. The summed E-state index contributed by atoms with van der Waals surface area (Å²) in [4.78, 5) is 14.1. The maximum atomic E-state index is 12.1. The van der Waals surface area contributed by atoms with Crippen LogP contribution in [0.2, 0.25) is 0 Å². The Morgan fingerprint density at radius 2 is 2.00 bits per heavy atom. The molecular weight excluding hydrogens is 224 g/mol. The molecule has 1 aromatic carbocycles. The highest BCUT2D eigenvalue weighted by Crippen LogP contribution is 2.27. The lowest BCUT2D eigenvalue weighted by Crippen LogP contribution is -2.37. The molecule has 1 aromatic rings. The molecule has 1 saturated carbocycles. The fourth-order valence-electron chi connectivity index (χ4n) is 2.27. The SMILES string of the molecule is NCCN(C(=O)CCCc1ccccc1)C1CC1. The molecule has 0 atom stereocenters. The van der Waals surface area contributed by atoms with E-state index in [-0.39, 0.29) is 5.91 Å². The van der Waals surface area contributed by atoms with Crippen LogP contribution in [0.25, 0.3) is 0 Å². The normalized spacial score (nSPS) is 14.5. The first-order chi connectivity index (χ1) is 8.81. The van der Waals surface area contributed by atoms with Gasteiger partial charge >= 0.3 is 0 Å². The van der Waals surface area contributed by atoms with E-state index in [9.17, 15) is 4.79 Å². The van der Waals surface area contributed by atoms with E-state index in [0.717, 1.165) is 32.2 Å². The van der Waals surface area contributed by atoms with Crippen molar-refractivity contribution in [2.45, 2.75) is 38.1 Å². The molecule has 98 valence electrons. The van der Waals surface area contributed by atoms with Crippen molar-refractivity contribution in [1.29, 1.82) is 0 Å². The third-order valence-corrected chi connectivity index (χ3v) is 3.38. The maximum absolute atomic E-state index is 12.1. The summed E-state index contributed by atoms with van der Waals surface area (Å²) in [5.74, 6) is 0.277. The highest BCUT2D eigenvalue weighted by atomic mass is 16.2. The third kappa shape index (κ3) is 3.84. The Hall–Kier alpha value is -1.35. The van der Waals surface area contributed by atoms with Crippen molar-refractivity contribution in [2.75, 3.05) is 13.1 Å². The van der Waals surface area contributed by atoms with E-state index in [2.05, 4.69) is 12.1 Å². The van der Waals surface area contributed by atoms with Crippen LogP contribution in [0.3, 0.4) is 0 Å². The van der Waals surface area contributed by atoms with Gasteiger partial charge < -0.3 is 10.6 Å². The van der Waals surface area contributed by atoms with E-state index in [1.807, 2.05) is 23.1 Å². The first-order valence-corrected chi connectivity index (χ1v) is 6.84. The molecule has 0 aromatic heterocycles. The second kappa shape index (κ2) is 6.55. The number of hydrogen-bond donors (Lipinski definition) is 1. The average molecular weight is 246 g/mol. The first kappa shape index (κ1) is 13.1. The Labute approximate surface area is 109 Å². The van der Waals surface area contributed by atoms with Gasteiger partial charge in [0.15, 0.2) is 0 Å². The molecule has 1 aliphatic carbocycles. The lowest BCUT2D eigenvalue weighted by molar-refractivity contribution is -0.131. The molecule has 0 bridgehead atoms. The summed E-state index contributed by atoms with van der Waals surface area (Å²) in [6.07, 6.45) is 4.87. The minimum atomic E-state index is 0.277. The lowest BCUT2D eigenvalue weighted by atomic mass is 10.1. The monoisotopic (exact) mass is 246 g/mol. The van der Waals surface area contributed by atoms with E-state index in [1.165, 1.54) is 5.56 Å². The van der Waals surface area contributed by atoms with Crippen LogP contribution in [-0.2, 0) is 11.2 Å². The first-order valence-electron chi connectivity index (χ1n) is 6.84. The van der Waals surface area contributed by atoms with Gasteiger partial charge in [0.1, 0.15) is 0 Å². The van der Waals surface area contributed by atoms with Gasteiger partial charge in [0.2, 0.25) is 5.91 Å². The van der Waals surface area contributed by atoms with Crippen LogP contribution in [0.4, 0.5) is 0 Å².